The van der Waals surface area contributed by atoms with Crippen LogP contribution in [0, 0.1) is 28.1 Å². The normalized spacial score (nSPS) is 31.1. The molecule has 2 bridgehead atoms. The number of nitrogens with one attached hydrogen (secondary N) is 1. The van der Waals surface area contributed by atoms with Gasteiger partial charge in [-0.2, -0.15) is 5.26 Å². The van der Waals surface area contributed by atoms with E-state index in [-0.39, 0.29) is 40.9 Å². The van der Waals surface area contributed by atoms with Crippen LogP contribution in [0.1, 0.15) is 92.3 Å². The van der Waals surface area contributed by atoms with E-state index in [9.17, 15) is 44.6 Å². The van der Waals surface area contributed by atoms with Crippen LogP contribution >= 0.6 is 0 Å². The van der Waals surface area contributed by atoms with Crippen LogP contribution in [-0.2, 0) is 42.9 Å². The molecule has 1 aliphatic heterocycles. The molecule has 3 aromatic carbocycles. The van der Waals surface area contributed by atoms with E-state index in [0.29, 0.717) is 5.56 Å². The molecule has 16 heteroatoms. The molecule has 7 rings (SSSR count). The zero-order valence-corrected chi connectivity index (χ0v) is 36.1. The minimum atomic E-state index is -2.46. The third-order valence-electron chi connectivity index (χ3n) is 13.7. The van der Waals surface area contributed by atoms with E-state index in [1.807, 2.05) is 6.07 Å². The molecule has 64 heavy (non-hydrogen) atoms. The van der Waals surface area contributed by atoms with E-state index in [2.05, 4.69) is 5.32 Å². The number of hydrogen-bond acceptors (Lipinski definition) is 15. The number of amides is 1. The van der Waals surface area contributed by atoms with Gasteiger partial charge in [-0.25, -0.2) is 9.59 Å². The highest BCUT2D eigenvalue weighted by atomic mass is 16.6. The third kappa shape index (κ3) is 7.55. The first-order valence-corrected chi connectivity index (χ1v) is 20.9. The van der Waals surface area contributed by atoms with Gasteiger partial charge in [0.2, 0.25) is 0 Å². The summed E-state index contributed by atoms with van der Waals surface area (Å²) in [6.07, 6.45) is -10.9. The number of carbonyl (C=O) groups is 6. The summed E-state index contributed by atoms with van der Waals surface area (Å²) in [6, 6.07) is 22.4. The zero-order valence-electron chi connectivity index (χ0n) is 36.1. The van der Waals surface area contributed by atoms with Gasteiger partial charge in [0, 0.05) is 37.7 Å². The Kier molecular flexibility index (Phi) is 12.2. The van der Waals surface area contributed by atoms with Gasteiger partial charge in [-0.1, -0.05) is 68.4 Å². The first-order chi connectivity index (χ1) is 30.2. The van der Waals surface area contributed by atoms with Crippen LogP contribution in [-0.4, -0.2) is 105 Å². The molecule has 1 heterocycles. The lowest BCUT2D eigenvalue weighted by molar-refractivity contribution is -0.346. The number of aliphatic hydroxyl groups excluding tert-OH is 2. The summed E-state index contributed by atoms with van der Waals surface area (Å²) in [6.45, 7) is 7.76. The lowest BCUT2D eigenvalue weighted by Gasteiger charge is -2.67. The van der Waals surface area contributed by atoms with E-state index >= 15 is 4.79 Å². The number of hydrogen-bond donors (Lipinski definition) is 4. The Morgan fingerprint density at radius 3 is 2.12 bits per heavy atom. The van der Waals surface area contributed by atoms with E-state index < -0.39 is 113 Å². The number of fused-ring (bicyclic) bond motifs is 5. The average molecular weight is 879 g/mol. The van der Waals surface area contributed by atoms with Crippen LogP contribution in [0.2, 0.25) is 0 Å². The first kappa shape index (κ1) is 45.8. The quantitative estimate of drug-likeness (QED) is 0.129. The largest absolute Gasteiger partial charge is 0.456 e. The monoisotopic (exact) mass is 878 g/mol. The molecule has 4 aliphatic rings. The Balaban J connectivity index is 1.40. The molecule has 0 unspecified atom stereocenters. The van der Waals surface area contributed by atoms with Crippen molar-refractivity contribution < 1.29 is 67.8 Å². The summed E-state index contributed by atoms with van der Waals surface area (Å²) >= 11 is 0. The third-order valence-corrected chi connectivity index (χ3v) is 13.7. The molecule has 336 valence electrons. The number of carbonyl (C=O) groups excluding carboxylic acids is 6. The molecule has 1 saturated heterocycles. The van der Waals surface area contributed by atoms with Crippen molar-refractivity contribution in [3.63, 3.8) is 0 Å². The van der Waals surface area contributed by atoms with E-state index in [1.54, 1.807) is 60.7 Å². The fourth-order valence-electron chi connectivity index (χ4n) is 10.3. The smallest absolute Gasteiger partial charge is 0.338 e. The van der Waals surface area contributed by atoms with Crippen molar-refractivity contribution in [2.45, 2.75) is 108 Å². The molecule has 16 nitrogen and oxygen atoms in total. The van der Waals surface area contributed by atoms with Gasteiger partial charge >= 0.3 is 23.9 Å². The highest BCUT2D eigenvalue weighted by Gasteiger charge is 2.78. The zero-order chi connectivity index (χ0) is 46.5. The Morgan fingerprint density at radius 2 is 1.53 bits per heavy atom. The highest BCUT2D eigenvalue weighted by Crippen LogP contribution is 2.64. The molecular weight excluding hydrogens is 829 g/mol. The van der Waals surface area contributed by atoms with Crippen molar-refractivity contribution in [1.29, 1.82) is 5.26 Å². The SMILES string of the molecule is CC(=O)O[C@H]1C(=O)[C@@]2(C)[C@H]([C@H](OC(=O)c3cccc(C#N)c3)[C@]3(O)C[C@H](OC(=O)[C@H](O)[C@@H](NC(=O)c4ccccc4)c4ccccc4)C(C)=C1C3(C)C)[C@]1(OC(C)=O)CO[C@@H]1C[C@@H]2O. The second-order valence-electron chi connectivity index (χ2n) is 17.7. The maximum absolute atomic E-state index is 15.5. The molecule has 3 fully saturated rings. The Bertz CT molecular complexity index is 2450. The summed E-state index contributed by atoms with van der Waals surface area (Å²) in [5.41, 5.74) is -7.46. The summed E-state index contributed by atoms with van der Waals surface area (Å²) in [4.78, 5) is 83.8. The minimum Gasteiger partial charge on any atom is -0.456 e. The number of benzene rings is 3. The molecule has 3 aliphatic carbocycles. The molecule has 3 aromatic rings. The standard InChI is InChI=1S/C48H50N2O14/c1-25-32(62-44(58)37(54)36(29-15-9-7-10-16-29)50-42(56)30-17-11-8-12-18-30)22-48(59)41(63-43(57)31-19-13-14-28(20-31)23-49)39-46(6,33(53)21-34-47(39,24-60-34)64-27(3)52)40(55)38(61-26(2)51)35(25)45(48,4)5/h7-20,32-34,36-39,41,53-54,59H,21-22,24H2,1-6H3,(H,50,56)/t32-,33-,34+,36-,37+,38+,39-,41-,46+,47-,48+/m0/s1. The summed E-state index contributed by atoms with van der Waals surface area (Å²) < 4.78 is 30.2. The molecule has 0 aromatic heterocycles. The van der Waals surface area contributed by atoms with Gasteiger partial charge in [-0.15, -0.1) is 0 Å². The van der Waals surface area contributed by atoms with Crippen molar-refractivity contribution in [2.24, 2.45) is 16.7 Å². The van der Waals surface area contributed by atoms with Crippen LogP contribution < -0.4 is 5.32 Å². The van der Waals surface area contributed by atoms with Gasteiger partial charge in [0.05, 0.1) is 47.3 Å². The molecule has 0 spiro atoms. The van der Waals surface area contributed by atoms with Gasteiger partial charge in [0.1, 0.15) is 23.9 Å². The van der Waals surface area contributed by atoms with Crippen molar-refractivity contribution in [3.8, 4) is 6.07 Å². The van der Waals surface area contributed by atoms with Crippen LogP contribution in [0.4, 0.5) is 0 Å². The van der Waals surface area contributed by atoms with Gasteiger partial charge in [-0.3, -0.25) is 19.2 Å². The minimum absolute atomic E-state index is 0.0429. The predicted octanol–water partition coefficient (Wildman–Crippen LogP) is 3.61. The van der Waals surface area contributed by atoms with Crippen molar-refractivity contribution in [1.82, 2.24) is 5.32 Å². The Hall–Kier alpha value is -6.25. The van der Waals surface area contributed by atoms with Crippen LogP contribution in [0.3, 0.4) is 0 Å². The number of Topliss-reactive ketones (excluding diaryl/α,β-unsaturated/α-hetero) is 1. The van der Waals surface area contributed by atoms with E-state index in [4.69, 9.17) is 23.7 Å². The van der Waals surface area contributed by atoms with Gasteiger partial charge < -0.3 is 44.3 Å². The second kappa shape index (κ2) is 17.0. The molecule has 11 atom stereocenters. The lowest BCUT2D eigenvalue weighted by Crippen LogP contribution is -2.82. The molecular formula is C48H50N2O14. The highest BCUT2D eigenvalue weighted by molar-refractivity contribution is 5.96. The lowest BCUT2D eigenvalue weighted by atomic mass is 9.44. The fraction of sp³-hybridized carbons (Fsp3) is 0.438. The molecule has 2 saturated carbocycles. The van der Waals surface area contributed by atoms with Crippen molar-refractivity contribution in [3.05, 3.63) is 118 Å². The van der Waals surface area contributed by atoms with Crippen LogP contribution in [0.25, 0.3) is 0 Å². The number of nitrogens with zero attached hydrogens (tertiary/aromatic N) is 1. The van der Waals surface area contributed by atoms with E-state index in [1.165, 1.54) is 52.0 Å². The van der Waals surface area contributed by atoms with Crippen molar-refractivity contribution >= 4 is 35.6 Å². The average Bonchev–Trinajstić information content (AvgIpc) is 3.26. The number of ketones is 1. The number of esters is 4. The summed E-state index contributed by atoms with van der Waals surface area (Å²) in [5.74, 6) is -7.19. The van der Waals surface area contributed by atoms with Crippen molar-refractivity contribution in [2.75, 3.05) is 6.61 Å². The number of rotatable bonds is 10. The first-order valence-electron chi connectivity index (χ1n) is 20.9. The summed E-state index contributed by atoms with van der Waals surface area (Å²) in [7, 11) is 0. The van der Waals surface area contributed by atoms with Gasteiger partial charge in [0.15, 0.2) is 23.6 Å². The number of ether oxygens (including phenoxy) is 5. The number of aliphatic hydroxyl groups is 3. The topological polar surface area (TPSA) is 245 Å². The second-order valence-corrected chi connectivity index (χ2v) is 17.7. The maximum Gasteiger partial charge on any atom is 0.338 e. The van der Waals surface area contributed by atoms with Gasteiger partial charge in [-0.05, 0) is 60.9 Å². The molecule has 0 radical (unpaired) electrons. The van der Waals surface area contributed by atoms with Gasteiger partial charge in [0.25, 0.3) is 5.91 Å². The Labute approximate surface area is 369 Å². The molecule has 1 amide bonds. The predicted molar refractivity (Wildman–Crippen MR) is 222 cm³/mol. The van der Waals surface area contributed by atoms with E-state index in [0.717, 1.165) is 13.8 Å². The fourth-order valence-corrected chi connectivity index (χ4v) is 10.3. The van der Waals surface area contributed by atoms with Crippen LogP contribution in [0.15, 0.2) is 96.1 Å². The number of nitriles is 1. The Morgan fingerprint density at radius 1 is 0.891 bits per heavy atom. The molecule has 4 N–H and O–H groups in total. The maximum atomic E-state index is 15.5. The summed E-state index contributed by atoms with van der Waals surface area (Å²) in [5, 5.41) is 50.0. The van der Waals surface area contributed by atoms with Crippen LogP contribution in [0.5, 0.6) is 0 Å².